The van der Waals surface area contributed by atoms with Crippen LogP contribution in [-0.4, -0.2) is 80.1 Å². The number of nitrogens with zero attached hydrogens (tertiary/aromatic N) is 4. The summed E-state index contributed by atoms with van der Waals surface area (Å²) in [6.07, 6.45) is 4.24. The van der Waals surface area contributed by atoms with Crippen LogP contribution in [0, 0.1) is 5.92 Å². The van der Waals surface area contributed by atoms with E-state index in [4.69, 9.17) is 20.8 Å². The highest BCUT2D eigenvalue weighted by molar-refractivity contribution is 6.99. The number of fused-ring (bicyclic) bond motifs is 1. The quantitative estimate of drug-likeness (QED) is 0.161. The molecule has 3 unspecified atom stereocenters. The molecule has 0 radical (unpaired) electrons. The van der Waals surface area contributed by atoms with E-state index in [0.717, 1.165) is 54.8 Å². The van der Waals surface area contributed by atoms with Crippen molar-refractivity contribution < 1.29 is 14.0 Å². The molecule has 8 nitrogen and oxygen atoms in total. The van der Waals surface area contributed by atoms with Crippen molar-refractivity contribution in [3.8, 4) is 0 Å². The number of halogens is 1. The maximum absolute atomic E-state index is 13.3. The first-order valence-corrected chi connectivity index (χ1v) is 21.4. The van der Waals surface area contributed by atoms with E-state index < -0.39 is 8.32 Å². The lowest BCUT2D eigenvalue weighted by Crippen LogP contribution is -2.71. The molecule has 2 aliphatic heterocycles. The first-order valence-electron chi connectivity index (χ1n) is 19.1. The van der Waals surface area contributed by atoms with Crippen LogP contribution in [0.3, 0.4) is 0 Å². The lowest BCUT2D eigenvalue weighted by Gasteiger charge is -2.50. The minimum absolute atomic E-state index is 0.0260. The summed E-state index contributed by atoms with van der Waals surface area (Å²) in [6.45, 7) is 15.9. The third-order valence-corrected chi connectivity index (χ3v) is 17.6. The van der Waals surface area contributed by atoms with Crippen LogP contribution in [0.1, 0.15) is 46.7 Å². The molecule has 1 amide bonds. The number of nitrogens with one attached hydrogen (secondary N) is 1. The summed E-state index contributed by atoms with van der Waals surface area (Å²) in [5.41, 5.74) is 1.40. The highest BCUT2D eigenvalue weighted by atomic mass is 35.5. The molecule has 8 rings (SSSR count). The average molecular weight is 760 g/mol. The number of pyridine rings is 2. The Morgan fingerprint density at radius 1 is 0.889 bits per heavy atom. The number of anilines is 2. The third-order valence-electron chi connectivity index (χ3n) is 12.3. The smallest absolute Gasteiger partial charge is 0.261 e. The highest BCUT2D eigenvalue weighted by Gasteiger charge is 2.57. The van der Waals surface area contributed by atoms with Gasteiger partial charge in [0.2, 0.25) is 5.91 Å². The summed E-state index contributed by atoms with van der Waals surface area (Å²) in [5, 5.41) is 8.13. The van der Waals surface area contributed by atoms with E-state index in [0.29, 0.717) is 24.1 Å². The SMILES string of the molecule is CC1(c2ccccn2)C[C@@H]1C(=O)Nc1cc2cc(N3CCN(C4(C)COCC4O[Si](c4ccccc4)(c4ccccc4)C(C)(C)C)CC3)c(Cl)cc2cn1. The van der Waals surface area contributed by atoms with Gasteiger partial charge in [-0.2, -0.15) is 0 Å². The Morgan fingerprint density at radius 2 is 1.56 bits per heavy atom. The van der Waals surface area contributed by atoms with E-state index in [9.17, 15) is 4.79 Å². The van der Waals surface area contributed by atoms with E-state index in [2.05, 4.69) is 126 Å². The molecule has 3 fully saturated rings. The first-order chi connectivity index (χ1) is 25.9. The van der Waals surface area contributed by atoms with Crippen LogP contribution >= 0.6 is 11.6 Å². The molecule has 10 heteroatoms. The largest absolute Gasteiger partial charge is 0.400 e. The summed E-state index contributed by atoms with van der Waals surface area (Å²) < 4.78 is 14.0. The van der Waals surface area contributed by atoms with Crippen molar-refractivity contribution in [1.82, 2.24) is 14.9 Å². The molecule has 4 heterocycles. The van der Waals surface area contributed by atoms with E-state index in [1.807, 2.05) is 30.3 Å². The molecular weight excluding hydrogens is 710 g/mol. The van der Waals surface area contributed by atoms with E-state index in [-0.39, 0.29) is 33.9 Å². The van der Waals surface area contributed by atoms with Crippen LogP contribution in [0.5, 0.6) is 0 Å². The second-order valence-corrected chi connectivity index (χ2v) is 21.4. The molecule has 3 aromatic carbocycles. The fourth-order valence-corrected chi connectivity index (χ4v) is 13.9. The zero-order valence-corrected chi connectivity index (χ0v) is 33.6. The second-order valence-electron chi connectivity index (χ2n) is 16.7. The fourth-order valence-electron chi connectivity index (χ4n) is 8.87. The first kappa shape index (κ1) is 36.8. The van der Waals surface area contributed by atoms with E-state index in [1.165, 1.54) is 10.4 Å². The number of amides is 1. The summed E-state index contributed by atoms with van der Waals surface area (Å²) in [6, 6.07) is 33.7. The lowest BCUT2D eigenvalue weighted by atomic mass is 9.95. The van der Waals surface area contributed by atoms with Gasteiger partial charge in [0.1, 0.15) is 5.82 Å². The summed E-state index contributed by atoms with van der Waals surface area (Å²) in [7, 11) is -2.78. The molecule has 3 aliphatic rings. The Morgan fingerprint density at radius 3 is 2.19 bits per heavy atom. The van der Waals surface area contributed by atoms with Gasteiger partial charge in [-0.3, -0.25) is 14.7 Å². The monoisotopic (exact) mass is 759 g/mol. The van der Waals surface area contributed by atoms with Gasteiger partial charge in [-0.1, -0.05) is 106 Å². The minimum atomic E-state index is -2.78. The molecule has 1 aliphatic carbocycles. The predicted octanol–water partition coefficient (Wildman–Crippen LogP) is 7.06. The highest BCUT2D eigenvalue weighted by Crippen LogP contribution is 2.53. The number of carbonyl (C=O) groups is 1. The molecule has 1 N–H and O–H groups in total. The molecule has 5 aromatic rings. The summed E-state index contributed by atoms with van der Waals surface area (Å²) in [5.74, 6) is 0.381. The Bertz CT molecular complexity index is 2090. The van der Waals surface area contributed by atoms with E-state index in [1.54, 1.807) is 12.4 Å². The molecule has 2 aromatic heterocycles. The molecule has 280 valence electrons. The minimum Gasteiger partial charge on any atom is -0.400 e. The Hall–Kier alpha value is -4.12. The lowest BCUT2D eigenvalue weighted by molar-refractivity contribution is -0.117. The van der Waals surface area contributed by atoms with Gasteiger partial charge in [0.15, 0.2) is 0 Å². The normalized spacial score (nSPS) is 24.8. The van der Waals surface area contributed by atoms with Gasteiger partial charge in [0.05, 0.1) is 41.5 Å². The van der Waals surface area contributed by atoms with Gasteiger partial charge in [0, 0.05) is 55.1 Å². The molecule has 54 heavy (non-hydrogen) atoms. The average Bonchev–Trinajstić information content (AvgIpc) is 3.76. The van der Waals surface area contributed by atoms with Crippen molar-refractivity contribution in [2.45, 2.75) is 63.1 Å². The Kier molecular flexibility index (Phi) is 9.67. The fraction of sp³-hybridized carbons (Fsp3) is 0.386. The van der Waals surface area contributed by atoms with Crippen molar-refractivity contribution in [2.75, 3.05) is 49.6 Å². The number of carbonyl (C=O) groups excluding carboxylic acids is 1. The molecular formula is C44H50ClN5O3Si. The second kappa shape index (κ2) is 14.2. The number of ether oxygens (including phenoxy) is 1. The van der Waals surface area contributed by atoms with Crippen LogP contribution in [-0.2, 0) is 19.4 Å². The molecule has 0 spiro atoms. The van der Waals surface area contributed by atoms with E-state index >= 15 is 0 Å². The maximum atomic E-state index is 13.3. The van der Waals surface area contributed by atoms with Gasteiger partial charge in [0.25, 0.3) is 8.32 Å². The van der Waals surface area contributed by atoms with Gasteiger partial charge < -0.3 is 19.4 Å². The van der Waals surface area contributed by atoms with Crippen LogP contribution in [0.2, 0.25) is 10.1 Å². The maximum Gasteiger partial charge on any atom is 0.261 e. The number of aromatic nitrogens is 2. The van der Waals surface area contributed by atoms with Crippen molar-refractivity contribution >= 4 is 58.5 Å². The molecule has 1 saturated carbocycles. The zero-order chi connectivity index (χ0) is 37.7. The topological polar surface area (TPSA) is 79.8 Å². The van der Waals surface area contributed by atoms with Crippen LogP contribution < -0.4 is 20.6 Å². The molecule has 4 atom stereocenters. The van der Waals surface area contributed by atoms with Gasteiger partial charge >= 0.3 is 0 Å². The van der Waals surface area contributed by atoms with Crippen LogP contribution in [0.25, 0.3) is 10.8 Å². The number of piperazine rings is 1. The number of rotatable bonds is 9. The third kappa shape index (κ3) is 6.54. The predicted molar refractivity (Wildman–Crippen MR) is 221 cm³/mol. The van der Waals surface area contributed by atoms with Crippen LogP contribution in [0.15, 0.2) is 109 Å². The van der Waals surface area contributed by atoms with Crippen molar-refractivity contribution in [2.24, 2.45) is 5.92 Å². The van der Waals surface area contributed by atoms with Gasteiger partial charge in [-0.05, 0) is 64.5 Å². The van der Waals surface area contributed by atoms with Crippen LogP contribution in [0.4, 0.5) is 11.5 Å². The summed E-state index contributed by atoms with van der Waals surface area (Å²) in [4.78, 5) is 27.3. The summed E-state index contributed by atoms with van der Waals surface area (Å²) >= 11 is 6.95. The Balaban J connectivity index is 0.989. The van der Waals surface area contributed by atoms with Crippen molar-refractivity contribution in [3.63, 3.8) is 0 Å². The van der Waals surface area contributed by atoms with Gasteiger partial charge in [-0.25, -0.2) is 4.98 Å². The van der Waals surface area contributed by atoms with Crippen molar-refractivity contribution in [1.29, 1.82) is 0 Å². The zero-order valence-electron chi connectivity index (χ0n) is 31.9. The number of hydrogen-bond donors (Lipinski definition) is 1. The molecule has 2 saturated heterocycles. The van der Waals surface area contributed by atoms with Crippen molar-refractivity contribution in [3.05, 3.63) is 120 Å². The Labute approximate surface area is 325 Å². The van der Waals surface area contributed by atoms with Gasteiger partial charge in [-0.15, -0.1) is 0 Å². The molecule has 0 bridgehead atoms. The number of hydrogen-bond acceptors (Lipinski definition) is 7. The number of benzene rings is 3. The standard InChI is InChI=1S/C44H50ClN5O3Si/c1-42(2,3)54(33-14-8-6-9-15-33,34-16-10-7-11-17-34)53-39-29-52-30-44(39,5)50-22-20-49(21-23-50)37-25-31-26-40(47-28-32(31)24-36(37)45)48-41(51)35-27-43(35,4)38-18-12-13-19-46-38/h6-19,24-26,28,35,39H,20-23,27,29-30H2,1-5H3,(H,47,48,51)/t35-,39?,43?,44?/m1/s1.